The van der Waals surface area contributed by atoms with E-state index in [9.17, 15) is 0 Å². The lowest BCUT2D eigenvalue weighted by atomic mass is 10.1. The van der Waals surface area contributed by atoms with Gasteiger partial charge in [0.25, 0.3) is 0 Å². The Morgan fingerprint density at radius 1 is 1.28 bits per heavy atom. The third-order valence-electron chi connectivity index (χ3n) is 3.22. The van der Waals surface area contributed by atoms with Crippen molar-refractivity contribution >= 4 is 11.6 Å². The van der Waals surface area contributed by atoms with E-state index in [4.69, 9.17) is 22.8 Å². The molecule has 0 amide bonds. The van der Waals surface area contributed by atoms with Gasteiger partial charge < -0.3 is 9.64 Å². The van der Waals surface area contributed by atoms with Crippen LogP contribution in [0.25, 0.3) is 0 Å². The van der Waals surface area contributed by atoms with Crippen LogP contribution in [-0.4, -0.2) is 30.6 Å². The van der Waals surface area contributed by atoms with E-state index in [1.165, 1.54) is 0 Å². The molecule has 1 heterocycles. The summed E-state index contributed by atoms with van der Waals surface area (Å²) in [5, 5.41) is 0.742. The summed E-state index contributed by atoms with van der Waals surface area (Å²) in [5.41, 5.74) is 0. The molecule has 1 aliphatic heterocycles. The van der Waals surface area contributed by atoms with Gasteiger partial charge in [-0.2, -0.15) is 0 Å². The van der Waals surface area contributed by atoms with Gasteiger partial charge in [0.05, 0.1) is 0 Å². The lowest BCUT2D eigenvalue weighted by Crippen LogP contribution is -2.38. The lowest BCUT2D eigenvalue weighted by Gasteiger charge is -2.31. The molecule has 0 radical (unpaired) electrons. The predicted molar refractivity (Wildman–Crippen MR) is 75.0 cm³/mol. The van der Waals surface area contributed by atoms with Gasteiger partial charge in [0.2, 0.25) is 0 Å². The molecule has 0 spiro atoms. The lowest BCUT2D eigenvalue weighted by molar-refractivity contribution is 0.102. The van der Waals surface area contributed by atoms with Crippen molar-refractivity contribution in [3.63, 3.8) is 0 Å². The molecule has 0 saturated carbocycles. The van der Waals surface area contributed by atoms with Crippen molar-refractivity contribution in [2.45, 2.75) is 25.4 Å². The van der Waals surface area contributed by atoms with Gasteiger partial charge in [-0.3, -0.25) is 0 Å². The average molecular weight is 264 g/mol. The van der Waals surface area contributed by atoms with Crippen LogP contribution in [0, 0.1) is 12.3 Å². The minimum absolute atomic E-state index is 0.313. The minimum Gasteiger partial charge on any atom is -0.490 e. The molecule has 1 saturated heterocycles. The Balaban J connectivity index is 1.76. The highest BCUT2D eigenvalue weighted by Crippen LogP contribution is 2.21. The van der Waals surface area contributed by atoms with Crippen molar-refractivity contribution in [3.8, 4) is 18.1 Å². The van der Waals surface area contributed by atoms with Crippen LogP contribution in [0.3, 0.4) is 0 Å². The van der Waals surface area contributed by atoms with Crippen LogP contribution < -0.4 is 4.74 Å². The number of terminal acetylenes is 1. The Kier molecular flexibility index (Phi) is 4.92. The van der Waals surface area contributed by atoms with Crippen LogP contribution in [0.2, 0.25) is 5.02 Å². The molecule has 1 fully saturated rings. The largest absolute Gasteiger partial charge is 0.490 e. The van der Waals surface area contributed by atoms with E-state index in [1.807, 2.05) is 24.3 Å². The van der Waals surface area contributed by atoms with Crippen molar-refractivity contribution in [3.05, 3.63) is 29.3 Å². The topological polar surface area (TPSA) is 12.5 Å². The maximum Gasteiger partial charge on any atom is 0.119 e. The molecule has 18 heavy (non-hydrogen) atoms. The second-order valence-corrected chi connectivity index (χ2v) is 5.00. The number of benzene rings is 1. The van der Waals surface area contributed by atoms with Gasteiger partial charge in [-0.15, -0.1) is 12.3 Å². The Bertz CT molecular complexity index is 401. The van der Waals surface area contributed by atoms with Crippen molar-refractivity contribution in [2.75, 3.05) is 19.6 Å². The van der Waals surface area contributed by atoms with Gasteiger partial charge in [0.1, 0.15) is 11.9 Å². The molecule has 0 aliphatic carbocycles. The van der Waals surface area contributed by atoms with E-state index in [2.05, 4.69) is 10.8 Å². The molecule has 0 atom stereocenters. The van der Waals surface area contributed by atoms with E-state index in [-0.39, 0.29) is 0 Å². The molecule has 1 aromatic carbocycles. The van der Waals surface area contributed by atoms with Gasteiger partial charge in [0, 0.05) is 31.1 Å². The number of hydrogen-bond acceptors (Lipinski definition) is 2. The SMILES string of the molecule is C#CCCN1CCC(Oc2ccc(Cl)cc2)CC1. The van der Waals surface area contributed by atoms with E-state index in [0.717, 1.165) is 49.7 Å². The summed E-state index contributed by atoms with van der Waals surface area (Å²) >= 11 is 5.84. The quantitative estimate of drug-likeness (QED) is 0.774. The molecule has 2 rings (SSSR count). The van der Waals surface area contributed by atoms with Crippen LogP contribution >= 0.6 is 11.6 Å². The predicted octanol–water partition coefficient (Wildman–Crippen LogP) is 3.21. The van der Waals surface area contributed by atoms with Gasteiger partial charge >= 0.3 is 0 Å². The van der Waals surface area contributed by atoms with Crippen molar-refractivity contribution < 1.29 is 4.74 Å². The van der Waals surface area contributed by atoms with Gasteiger partial charge in [0.15, 0.2) is 0 Å². The van der Waals surface area contributed by atoms with E-state index in [0.29, 0.717) is 6.10 Å². The zero-order valence-electron chi connectivity index (χ0n) is 10.4. The standard InChI is InChI=1S/C15H18ClNO/c1-2-3-10-17-11-8-15(9-12-17)18-14-6-4-13(16)5-7-14/h1,4-7,15H,3,8-12H2. The Morgan fingerprint density at radius 2 is 1.94 bits per heavy atom. The second-order valence-electron chi connectivity index (χ2n) is 4.57. The number of halogens is 1. The molecule has 0 bridgehead atoms. The van der Waals surface area contributed by atoms with Gasteiger partial charge in [-0.25, -0.2) is 0 Å². The number of piperidine rings is 1. The maximum absolute atomic E-state index is 5.94. The molecule has 3 heteroatoms. The zero-order valence-corrected chi connectivity index (χ0v) is 11.2. The highest BCUT2D eigenvalue weighted by Gasteiger charge is 2.19. The van der Waals surface area contributed by atoms with Crippen LogP contribution in [0.15, 0.2) is 24.3 Å². The number of nitrogens with zero attached hydrogens (tertiary/aromatic N) is 1. The first kappa shape index (κ1) is 13.3. The summed E-state index contributed by atoms with van der Waals surface area (Å²) in [5.74, 6) is 3.59. The molecule has 2 nitrogen and oxygen atoms in total. The first-order chi connectivity index (χ1) is 8.78. The van der Waals surface area contributed by atoms with E-state index in [1.54, 1.807) is 0 Å². The first-order valence-electron chi connectivity index (χ1n) is 6.36. The normalized spacial score (nSPS) is 17.3. The van der Waals surface area contributed by atoms with Gasteiger partial charge in [-0.1, -0.05) is 11.6 Å². The molecule has 96 valence electrons. The van der Waals surface area contributed by atoms with E-state index >= 15 is 0 Å². The molecular formula is C15H18ClNO. The van der Waals surface area contributed by atoms with Crippen molar-refractivity contribution in [1.82, 2.24) is 4.90 Å². The van der Waals surface area contributed by atoms with Gasteiger partial charge in [-0.05, 0) is 37.1 Å². The van der Waals surface area contributed by atoms with Crippen molar-refractivity contribution in [1.29, 1.82) is 0 Å². The second kappa shape index (κ2) is 6.68. The van der Waals surface area contributed by atoms with Crippen LogP contribution in [0.5, 0.6) is 5.75 Å². The molecule has 0 aromatic heterocycles. The number of likely N-dealkylation sites (tertiary alicyclic amines) is 1. The summed E-state index contributed by atoms with van der Waals surface area (Å²) in [6.07, 6.45) is 8.55. The Labute approximate surface area is 114 Å². The molecule has 0 N–H and O–H groups in total. The zero-order chi connectivity index (χ0) is 12.8. The molecule has 1 aromatic rings. The average Bonchev–Trinajstić information content (AvgIpc) is 2.41. The Hall–Kier alpha value is -1.17. The summed E-state index contributed by atoms with van der Waals surface area (Å²) in [6, 6.07) is 7.57. The highest BCUT2D eigenvalue weighted by molar-refractivity contribution is 6.30. The Morgan fingerprint density at radius 3 is 2.56 bits per heavy atom. The fourth-order valence-corrected chi connectivity index (χ4v) is 2.30. The summed E-state index contributed by atoms with van der Waals surface area (Å²) < 4.78 is 5.94. The summed E-state index contributed by atoms with van der Waals surface area (Å²) in [6.45, 7) is 3.14. The monoisotopic (exact) mass is 263 g/mol. The summed E-state index contributed by atoms with van der Waals surface area (Å²) in [4.78, 5) is 2.40. The van der Waals surface area contributed by atoms with Crippen LogP contribution in [0.1, 0.15) is 19.3 Å². The fourth-order valence-electron chi connectivity index (χ4n) is 2.18. The number of ether oxygens (including phenoxy) is 1. The minimum atomic E-state index is 0.313. The molecule has 1 aliphatic rings. The number of rotatable bonds is 4. The summed E-state index contributed by atoms with van der Waals surface area (Å²) in [7, 11) is 0. The van der Waals surface area contributed by atoms with Crippen LogP contribution in [0.4, 0.5) is 0 Å². The number of hydrogen-bond donors (Lipinski definition) is 0. The molecular weight excluding hydrogens is 246 g/mol. The third-order valence-corrected chi connectivity index (χ3v) is 3.48. The third kappa shape index (κ3) is 3.94. The van der Waals surface area contributed by atoms with Crippen LogP contribution in [-0.2, 0) is 0 Å². The smallest absolute Gasteiger partial charge is 0.119 e. The maximum atomic E-state index is 5.94. The van der Waals surface area contributed by atoms with Crippen molar-refractivity contribution in [2.24, 2.45) is 0 Å². The fraction of sp³-hybridized carbons (Fsp3) is 0.467. The first-order valence-corrected chi connectivity index (χ1v) is 6.74. The van der Waals surface area contributed by atoms with E-state index < -0.39 is 0 Å². The molecule has 0 unspecified atom stereocenters. The highest BCUT2D eigenvalue weighted by atomic mass is 35.5.